The molecule has 0 aromatic heterocycles. The highest BCUT2D eigenvalue weighted by molar-refractivity contribution is 5.95. The number of hydrogen-bond donors (Lipinski definition) is 1. The van der Waals surface area contributed by atoms with Gasteiger partial charge in [0.25, 0.3) is 5.91 Å². The lowest BCUT2D eigenvalue weighted by Crippen LogP contribution is -2.53. The fraction of sp³-hybridized carbons (Fsp3) is 0.440. The number of nitrogens with zero attached hydrogens (tertiary/aromatic N) is 2. The van der Waals surface area contributed by atoms with Crippen molar-refractivity contribution in [3.8, 4) is 5.75 Å². The molecule has 2 heterocycles. The van der Waals surface area contributed by atoms with Crippen LogP contribution in [0.15, 0.2) is 48.5 Å². The molecule has 0 radical (unpaired) electrons. The minimum absolute atomic E-state index is 0.0576. The molecule has 4 rings (SSSR count). The van der Waals surface area contributed by atoms with Crippen LogP contribution in [0.4, 0.5) is 11.4 Å². The lowest BCUT2D eigenvalue weighted by Gasteiger charge is -2.38. The zero-order valence-electron chi connectivity index (χ0n) is 19.0. The Morgan fingerprint density at radius 1 is 1.03 bits per heavy atom. The van der Waals surface area contributed by atoms with Crippen molar-refractivity contribution < 1.29 is 19.1 Å². The number of ether oxygens (including phenoxy) is 2. The summed E-state index contributed by atoms with van der Waals surface area (Å²) in [5.41, 5.74) is 2.84. The summed E-state index contributed by atoms with van der Waals surface area (Å²) in [6, 6.07) is 15.5. The van der Waals surface area contributed by atoms with Gasteiger partial charge in [-0.2, -0.15) is 0 Å². The van der Waals surface area contributed by atoms with E-state index in [-0.39, 0.29) is 23.8 Å². The highest BCUT2D eigenvalue weighted by atomic mass is 16.5. The molecule has 1 saturated heterocycles. The molecule has 2 aromatic rings. The summed E-state index contributed by atoms with van der Waals surface area (Å²) >= 11 is 0. The molecule has 0 aliphatic carbocycles. The van der Waals surface area contributed by atoms with Gasteiger partial charge in [-0.05, 0) is 35.2 Å². The van der Waals surface area contributed by atoms with E-state index in [0.717, 1.165) is 11.4 Å². The maximum atomic E-state index is 13.0. The lowest BCUT2D eigenvalue weighted by molar-refractivity contribution is -0.142. The number of para-hydroxylation sites is 2. The largest absolute Gasteiger partial charge is 0.477 e. The van der Waals surface area contributed by atoms with Gasteiger partial charge < -0.3 is 24.6 Å². The highest BCUT2D eigenvalue weighted by Crippen LogP contribution is 2.33. The van der Waals surface area contributed by atoms with E-state index in [1.54, 1.807) is 4.90 Å². The average molecular weight is 438 g/mol. The van der Waals surface area contributed by atoms with Crippen LogP contribution in [-0.4, -0.2) is 62.2 Å². The first kappa shape index (κ1) is 22.1. The number of rotatable bonds is 4. The number of amides is 2. The Morgan fingerprint density at radius 3 is 2.41 bits per heavy atom. The molecular weight excluding hydrogens is 406 g/mol. The number of fused-ring (bicyclic) bond motifs is 1. The lowest BCUT2D eigenvalue weighted by atomic mass is 9.87. The molecule has 2 aromatic carbocycles. The Kier molecular flexibility index (Phi) is 6.37. The molecule has 1 unspecified atom stereocenters. The Balaban J connectivity index is 1.45. The van der Waals surface area contributed by atoms with Crippen LogP contribution in [0.1, 0.15) is 26.3 Å². The Morgan fingerprint density at radius 2 is 1.72 bits per heavy atom. The van der Waals surface area contributed by atoms with Gasteiger partial charge in [-0.3, -0.25) is 9.59 Å². The van der Waals surface area contributed by atoms with E-state index in [1.165, 1.54) is 5.56 Å². The molecule has 7 nitrogen and oxygen atoms in total. The number of morpholine rings is 1. The summed E-state index contributed by atoms with van der Waals surface area (Å²) in [6.07, 6.45) is -0.651. The fourth-order valence-electron chi connectivity index (χ4n) is 4.00. The molecule has 1 N–H and O–H groups in total. The van der Waals surface area contributed by atoms with Crippen LogP contribution >= 0.6 is 0 Å². The van der Waals surface area contributed by atoms with Gasteiger partial charge in [0.15, 0.2) is 6.10 Å². The predicted octanol–water partition coefficient (Wildman–Crippen LogP) is 3.05. The van der Waals surface area contributed by atoms with Crippen molar-refractivity contribution in [2.75, 3.05) is 49.6 Å². The van der Waals surface area contributed by atoms with Crippen LogP contribution < -0.4 is 15.0 Å². The summed E-state index contributed by atoms with van der Waals surface area (Å²) < 4.78 is 11.4. The van der Waals surface area contributed by atoms with Crippen LogP contribution in [0.3, 0.4) is 0 Å². The van der Waals surface area contributed by atoms with Gasteiger partial charge in [-0.25, -0.2) is 0 Å². The third-order valence-electron chi connectivity index (χ3n) is 5.83. The Hall–Kier alpha value is -3.06. The van der Waals surface area contributed by atoms with E-state index in [9.17, 15) is 9.59 Å². The number of hydrogen-bond acceptors (Lipinski definition) is 5. The zero-order chi connectivity index (χ0) is 22.7. The number of carbonyl (C=O) groups is 2. The van der Waals surface area contributed by atoms with Crippen molar-refractivity contribution in [1.29, 1.82) is 0 Å². The number of nitrogens with one attached hydrogen (secondary N) is 1. The van der Waals surface area contributed by atoms with Gasteiger partial charge in [-0.1, -0.05) is 45.0 Å². The summed E-state index contributed by atoms with van der Waals surface area (Å²) in [6.45, 7) is 9.13. The molecule has 2 aliphatic rings. The monoisotopic (exact) mass is 437 g/mol. The second kappa shape index (κ2) is 9.20. The third-order valence-corrected chi connectivity index (χ3v) is 5.83. The topological polar surface area (TPSA) is 71.1 Å². The van der Waals surface area contributed by atoms with E-state index in [0.29, 0.717) is 38.6 Å². The van der Waals surface area contributed by atoms with Crippen LogP contribution in [0, 0.1) is 0 Å². The number of carbonyl (C=O) groups excluding carboxylic acids is 2. The molecule has 2 aliphatic heterocycles. The zero-order valence-corrected chi connectivity index (χ0v) is 19.0. The molecule has 32 heavy (non-hydrogen) atoms. The predicted molar refractivity (Wildman–Crippen MR) is 124 cm³/mol. The number of anilines is 2. The van der Waals surface area contributed by atoms with E-state index >= 15 is 0 Å². The van der Waals surface area contributed by atoms with Crippen LogP contribution in [0.5, 0.6) is 5.75 Å². The first-order chi connectivity index (χ1) is 15.3. The first-order valence-electron chi connectivity index (χ1n) is 11.1. The molecule has 0 spiro atoms. The summed E-state index contributed by atoms with van der Waals surface area (Å²) in [5, 5.41) is 2.97. The average Bonchev–Trinajstić information content (AvgIpc) is 2.79. The maximum absolute atomic E-state index is 13.0. The summed E-state index contributed by atoms with van der Waals surface area (Å²) in [5.74, 6) is 0.418. The third kappa shape index (κ3) is 5.05. The van der Waals surface area contributed by atoms with Crippen molar-refractivity contribution in [2.45, 2.75) is 32.3 Å². The van der Waals surface area contributed by atoms with Crippen molar-refractivity contribution in [3.63, 3.8) is 0 Å². The quantitative estimate of drug-likeness (QED) is 0.796. The molecule has 1 atom stereocenters. The van der Waals surface area contributed by atoms with Crippen molar-refractivity contribution >= 4 is 23.2 Å². The van der Waals surface area contributed by atoms with Crippen molar-refractivity contribution in [1.82, 2.24) is 4.90 Å². The van der Waals surface area contributed by atoms with Crippen LogP contribution in [0.25, 0.3) is 0 Å². The normalized spacial score (nSPS) is 18.5. The van der Waals surface area contributed by atoms with Gasteiger partial charge >= 0.3 is 0 Å². The van der Waals surface area contributed by atoms with E-state index in [2.05, 4.69) is 26.1 Å². The molecule has 170 valence electrons. The smallest absolute Gasteiger partial charge is 0.265 e. The van der Waals surface area contributed by atoms with E-state index < -0.39 is 6.10 Å². The van der Waals surface area contributed by atoms with Gasteiger partial charge in [0.1, 0.15) is 5.75 Å². The molecule has 0 bridgehead atoms. The maximum Gasteiger partial charge on any atom is 0.265 e. The Labute approximate surface area is 189 Å². The van der Waals surface area contributed by atoms with Gasteiger partial charge in [0, 0.05) is 18.8 Å². The highest BCUT2D eigenvalue weighted by Gasteiger charge is 2.34. The second-order valence-electron chi connectivity index (χ2n) is 9.27. The van der Waals surface area contributed by atoms with Gasteiger partial charge in [-0.15, -0.1) is 0 Å². The van der Waals surface area contributed by atoms with Crippen molar-refractivity contribution in [3.05, 3.63) is 54.1 Å². The summed E-state index contributed by atoms with van der Waals surface area (Å²) in [4.78, 5) is 29.6. The number of benzene rings is 2. The molecule has 2 amide bonds. The molecular formula is C25H31N3O4. The van der Waals surface area contributed by atoms with Crippen molar-refractivity contribution in [2.24, 2.45) is 0 Å². The summed E-state index contributed by atoms with van der Waals surface area (Å²) in [7, 11) is 0. The standard InChI is InChI=1S/C25H31N3O4/c1-25(2,3)18-8-10-19(11-9-18)26-23(29)17-28-16-22(24(30)27-12-14-31-15-13-27)32-21-7-5-4-6-20(21)28/h4-11,22H,12-17H2,1-3H3,(H,26,29). The first-order valence-corrected chi connectivity index (χ1v) is 11.1. The van der Waals surface area contributed by atoms with Gasteiger partial charge in [0.05, 0.1) is 32.0 Å². The SMILES string of the molecule is CC(C)(C)c1ccc(NC(=O)CN2CC(C(=O)N3CCOCC3)Oc3ccccc32)cc1. The molecule has 1 fully saturated rings. The fourth-order valence-corrected chi connectivity index (χ4v) is 4.00. The minimum Gasteiger partial charge on any atom is -0.477 e. The molecule has 0 saturated carbocycles. The van der Waals surface area contributed by atoms with Crippen LogP contribution in [-0.2, 0) is 19.7 Å². The van der Waals surface area contributed by atoms with E-state index in [4.69, 9.17) is 9.47 Å². The van der Waals surface area contributed by atoms with Gasteiger partial charge in [0.2, 0.25) is 5.91 Å². The van der Waals surface area contributed by atoms with E-state index in [1.807, 2.05) is 53.4 Å². The Bertz CT molecular complexity index is 962. The second-order valence-corrected chi connectivity index (χ2v) is 9.27. The minimum atomic E-state index is -0.651. The van der Waals surface area contributed by atoms with Crippen LogP contribution in [0.2, 0.25) is 0 Å². The molecule has 7 heteroatoms.